The van der Waals surface area contributed by atoms with E-state index in [2.05, 4.69) is 4.74 Å². The van der Waals surface area contributed by atoms with E-state index in [0.29, 0.717) is 12.5 Å². The molecular formula is C11H17NO3. The highest BCUT2D eigenvalue weighted by atomic mass is 16.5. The number of nitrogens with zero attached hydrogens (tertiary/aromatic N) is 1. The predicted octanol–water partition coefficient (Wildman–Crippen LogP) is 0.974. The number of rotatable bonds is 5. The Morgan fingerprint density at radius 2 is 2.13 bits per heavy atom. The summed E-state index contributed by atoms with van der Waals surface area (Å²) in [6.45, 7) is 2.38. The first kappa shape index (κ1) is 11.8. The molecule has 0 unspecified atom stereocenters. The van der Waals surface area contributed by atoms with Crippen molar-refractivity contribution in [3.05, 3.63) is 12.2 Å². The van der Waals surface area contributed by atoms with Gasteiger partial charge >= 0.3 is 5.97 Å². The van der Waals surface area contributed by atoms with Gasteiger partial charge in [0.05, 0.1) is 7.11 Å². The van der Waals surface area contributed by atoms with Gasteiger partial charge in [-0.15, -0.1) is 0 Å². The smallest absolute Gasteiger partial charge is 0.325 e. The summed E-state index contributed by atoms with van der Waals surface area (Å²) in [6.07, 6.45) is 5.83. The molecule has 1 rings (SSSR count). The number of carbonyl (C=O) groups is 2. The second-order valence-electron chi connectivity index (χ2n) is 3.63. The maximum Gasteiger partial charge on any atom is 0.325 e. The van der Waals surface area contributed by atoms with Crippen LogP contribution in [0.25, 0.3) is 0 Å². The van der Waals surface area contributed by atoms with Crippen LogP contribution in [0, 0.1) is 5.92 Å². The molecule has 0 saturated heterocycles. The average molecular weight is 211 g/mol. The summed E-state index contributed by atoms with van der Waals surface area (Å²) in [6, 6.07) is 0. The fourth-order valence-electron chi connectivity index (χ4n) is 1.18. The van der Waals surface area contributed by atoms with E-state index in [9.17, 15) is 9.59 Å². The largest absolute Gasteiger partial charge is 0.468 e. The number of carbonyl (C=O) groups excluding carboxylic acids is 2. The summed E-state index contributed by atoms with van der Waals surface area (Å²) in [5, 5.41) is 0. The summed E-state index contributed by atoms with van der Waals surface area (Å²) >= 11 is 0. The van der Waals surface area contributed by atoms with Crippen molar-refractivity contribution in [2.45, 2.75) is 19.8 Å². The van der Waals surface area contributed by atoms with Crippen molar-refractivity contribution in [2.24, 2.45) is 5.92 Å². The quantitative estimate of drug-likeness (QED) is 0.503. The molecule has 0 aromatic heterocycles. The van der Waals surface area contributed by atoms with Crippen LogP contribution in [-0.2, 0) is 14.3 Å². The van der Waals surface area contributed by atoms with Gasteiger partial charge in [-0.3, -0.25) is 9.59 Å². The lowest BCUT2D eigenvalue weighted by atomic mass is 10.3. The molecule has 0 atom stereocenters. The molecule has 0 radical (unpaired) electrons. The van der Waals surface area contributed by atoms with Crippen LogP contribution in [0.1, 0.15) is 19.8 Å². The molecule has 0 aromatic carbocycles. The van der Waals surface area contributed by atoms with Gasteiger partial charge in [-0.25, -0.2) is 0 Å². The van der Waals surface area contributed by atoms with Crippen molar-refractivity contribution >= 4 is 11.9 Å². The molecule has 15 heavy (non-hydrogen) atoms. The molecule has 0 heterocycles. The van der Waals surface area contributed by atoms with E-state index in [1.54, 1.807) is 6.08 Å². The molecule has 1 amide bonds. The second-order valence-corrected chi connectivity index (χ2v) is 3.63. The molecule has 0 aliphatic heterocycles. The molecule has 0 bridgehead atoms. The van der Waals surface area contributed by atoms with Crippen molar-refractivity contribution < 1.29 is 14.3 Å². The fraction of sp³-hybridized carbons (Fsp3) is 0.636. The first-order chi connectivity index (χ1) is 7.17. The molecule has 0 N–H and O–H groups in total. The van der Waals surface area contributed by atoms with E-state index in [1.165, 1.54) is 24.9 Å². The minimum atomic E-state index is -0.384. The van der Waals surface area contributed by atoms with Crippen LogP contribution < -0.4 is 0 Å². The minimum absolute atomic E-state index is 0.0286. The highest BCUT2D eigenvalue weighted by Gasteiger charge is 2.19. The van der Waals surface area contributed by atoms with Crippen LogP contribution >= 0.6 is 0 Å². The van der Waals surface area contributed by atoms with Crippen LogP contribution in [0.15, 0.2) is 12.2 Å². The van der Waals surface area contributed by atoms with Crippen LogP contribution in [0.4, 0.5) is 0 Å². The van der Waals surface area contributed by atoms with Gasteiger partial charge < -0.3 is 9.64 Å². The van der Waals surface area contributed by atoms with E-state index in [-0.39, 0.29) is 18.4 Å². The van der Waals surface area contributed by atoms with Crippen molar-refractivity contribution in [3.63, 3.8) is 0 Å². The molecule has 0 aromatic rings. The van der Waals surface area contributed by atoms with Gasteiger partial charge in [0.25, 0.3) is 0 Å². The van der Waals surface area contributed by atoms with Crippen LogP contribution in [0.5, 0.6) is 0 Å². The van der Waals surface area contributed by atoms with Crippen LogP contribution in [-0.4, -0.2) is 37.0 Å². The van der Waals surface area contributed by atoms with E-state index < -0.39 is 0 Å². The molecule has 1 saturated carbocycles. The van der Waals surface area contributed by atoms with Gasteiger partial charge in [-0.05, 0) is 31.8 Å². The molecule has 84 valence electrons. The zero-order valence-electron chi connectivity index (χ0n) is 9.23. The third kappa shape index (κ3) is 4.14. The highest BCUT2D eigenvalue weighted by Crippen LogP contribution is 2.29. The minimum Gasteiger partial charge on any atom is -0.468 e. The SMILES string of the molecule is CCN(CC(=O)OC)C(=O)/C=C/C1CC1. The Balaban J connectivity index is 2.41. The molecule has 1 fully saturated rings. The third-order valence-corrected chi connectivity index (χ3v) is 2.37. The Bertz CT molecular complexity index is 269. The number of ether oxygens (including phenoxy) is 1. The first-order valence-electron chi connectivity index (χ1n) is 5.21. The molecular weight excluding hydrogens is 194 g/mol. The Labute approximate surface area is 89.9 Å². The number of hydrogen-bond acceptors (Lipinski definition) is 3. The Morgan fingerprint density at radius 3 is 2.60 bits per heavy atom. The normalized spacial score (nSPS) is 15.3. The van der Waals surface area contributed by atoms with Gasteiger partial charge in [-0.1, -0.05) is 6.08 Å². The van der Waals surface area contributed by atoms with Gasteiger partial charge in [0.2, 0.25) is 5.91 Å². The van der Waals surface area contributed by atoms with E-state index in [1.807, 2.05) is 13.0 Å². The Morgan fingerprint density at radius 1 is 1.47 bits per heavy atom. The highest BCUT2D eigenvalue weighted by molar-refractivity contribution is 5.90. The fourth-order valence-corrected chi connectivity index (χ4v) is 1.18. The standard InChI is InChI=1S/C11H17NO3/c1-3-12(8-11(14)15-2)10(13)7-6-9-4-5-9/h6-7,9H,3-5,8H2,1-2H3/b7-6+. The summed E-state index contributed by atoms with van der Waals surface area (Å²) < 4.78 is 4.51. The van der Waals surface area contributed by atoms with Crippen molar-refractivity contribution in [1.82, 2.24) is 4.90 Å². The monoisotopic (exact) mass is 211 g/mol. The van der Waals surface area contributed by atoms with Crippen molar-refractivity contribution in [2.75, 3.05) is 20.2 Å². The third-order valence-electron chi connectivity index (χ3n) is 2.37. The molecule has 1 aliphatic carbocycles. The predicted molar refractivity (Wildman–Crippen MR) is 56.1 cm³/mol. The summed E-state index contributed by atoms with van der Waals surface area (Å²) in [4.78, 5) is 24.0. The number of allylic oxidation sites excluding steroid dienone is 1. The van der Waals surface area contributed by atoms with Crippen LogP contribution in [0.3, 0.4) is 0 Å². The zero-order chi connectivity index (χ0) is 11.3. The lowest BCUT2D eigenvalue weighted by Crippen LogP contribution is -2.34. The Hall–Kier alpha value is -1.32. The van der Waals surface area contributed by atoms with Gasteiger partial charge in [0.15, 0.2) is 0 Å². The van der Waals surface area contributed by atoms with Gasteiger partial charge in [0.1, 0.15) is 6.54 Å². The zero-order valence-corrected chi connectivity index (χ0v) is 9.23. The first-order valence-corrected chi connectivity index (χ1v) is 5.21. The number of hydrogen-bond donors (Lipinski definition) is 0. The Kier molecular flexibility index (Phi) is 4.34. The summed E-state index contributed by atoms with van der Waals surface area (Å²) in [7, 11) is 1.32. The van der Waals surface area contributed by atoms with Crippen molar-refractivity contribution in [1.29, 1.82) is 0 Å². The lowest BCUT2D eigenvalue weighted by molar-refractivity contribution is -0.145. The summed E-state index contributed by atoms with van der Waals surface area (Å²) in [5.41, 5.74) is 0. The number of esters is 1. The number of methoxy groups -OCH3 is 1. The van der Waals surface area contributed by atoms with E-state index >= 15 is 0 Å². The average Bonchev–Trinajstić information content (AvgIpc) is 3.05. The molecule has 4 heteroatoms. The maximum absolute atomic E-state index is 11.6. The topological polar surface area (TPSA) is 46.6 Å². The summed E-state index contributed by atoms with van der Waals surface area (Å²) in [5.74, 6) is 0.0746. The van der Waals surface area contributed by atoms with E-state index in [0.717, 1.165) is 0 Å². The number of amides is 1. The molecule has 4 nitrogen and oxygen atoms in total. The molecule has 1 aliphatic rings. The van der Waals surface area contributed by atoms with Crippen LogP contribution in [0.2, 0.25) is 0 Å². The number of likely N-dealkylation sites (N-methyl/N-ethyl adjacent to an activating group) is 1. The van der Waals surface area contributed by atoms with Gasteiger partial charge in [0, 0.05) is 6.54 Å². The maximum atomic E-state index is 11.6. The van der Waals surface area contributed by atoms with Gasteiger partial charge in [-0.2, -0.15) is 0 Å². The van der Waals surface area contributed by atoms with Crippen molar-refractivity contribution in [3.8, 4) is 0 Å². The molecule has 0 spiro atoms. The second kappa shape index (κ2) is 5.53. The lowest BCUT2D eigenvalue weighted by Gasteiger charge is -2.17. The van der Waals surface area contributed by atoms with E-state index in [4.69, 9.17) is 0 Å².